The minimum Gasteiger partial charge on any atom is -0.495 e. The largest absolute Gasteiger partial charge is 0.495 e. The average molecular weight is 441 g/mol. The summed E-state index contributed by atoms with van der Waals surface area (Å²) in [5.74, 6) is -0.688. The number of anilines is 1. The van der Waals surface area contributed by atoms with Crippen molar-refractivity contribution in [3.63, 3.8) is 0 Å². The molecule has 0 aromatic heterocycles. The minimum absolute atomic E-state index is 0.0586. The van der Waals surface area contributed by atoms with Crippen LogP contribution in [0.5, 0.6) is 5.75 Å². The predicted molar refractivity (Wildman–Crippen MR) is 109 cm³/mol. The topological polar surface area (TPSA) is 66.9 Å². The number of sulfonamides is 1. The van der Waals surface area contributed by atoms with Gasteiger partial charge in [0.15, 0.2) is 0 Å². The van der Waals surface area contributed by atoms with E-state index in [0.29, 0.717) is 30.8 Å². The van der Waals surface area contributed by atoms with Crippen LogP contribution in [0, 0.1) is 11.7 Å². The highest BCUT2D eigenvalue weighted by Gasteiger charge is 2.35. The van der Waals surface area contributed by atoms with E-state index in [1.165, 1.54) is 58.8 Å². The molecule has 0 radical (unpaired) electrons. The van der Waals surface area contributed by atoms with Gasteiger partial charge in [0.05, 0.1) is 22.9 Å². The van der Waals surface area contributed by atoms with E-state index in [1.54, 1.807) is 7.05 Å². The van der Waals surface area contributed by atoms with Crippen LogP contribution in [-0.2, 0) is 14.8 Å². The molecule has 0 N–H and O–H groups in total. The SMILES string of the molecule is COc1ccc(S(=O)(=O)N2CCC[C@@H](C(=O)N(C)c3ccc(F)cc3)C2)cc1Cl. The molecule has 0 spiro atoms. The van der Waals surface area contributed by atoms with Gasteiger partial charge in [0.2, 0.25) is 15.9 Å². The summed E-state index contributed by atoms with van der Waals surface area (Å²) in [5, 5.41) is 0.203. The molecule has 1 aliphatic heterocycles. The summed E-state index contributed by atoms with van der Waals surface area (Å²) in [4.78, 5) is 14.4. The second kappa shape index (κ2) is 8.69. The van der Waals surface area contributed by atoms with Crippen molar-refractivity contribution in [3.8, 4) is 5.75 Å². The van der Waals surface area contributed by atoms with Crippen LogP contribution in [0.25, 0.3) is 0 Å². The van der Waals surface area contributed by atoms with Gasteiger partial charge in [0.25, 0.3) is 0 Å². The Morgan fingerprint density at radius 1 is 1.24 bits per heavy atom. The predicted octanol–water partition coefficient (Wildman–Crippen LogP) is 3.55. The third-order valence-electron chi connectivity index (χ3n) is 5.04. The molecule has 2 aromatic carbocycles. The Labute approximate surface area is 174 Å². The van der Waals surface area contributed by atoms with Crippen molar-refractivity contribution in [2.45, 2.75) is 17.7 Å². The molecule has 3 rings (SSSR count). The number of hydrogen-bond donors (Lipinski definition) is 0. The van der Waals surface area contributed by atoms with Crippen molar-refractivity contribution < 1.29 is 22.3 Å². The summed E-state index contributed by atoms with van der Waals surface area (Å²) in [6.45, 7) is 0.409. The molecule has 9 heteroatoms. The zero-order valence-corrected chi connectivity index (χ0v) is 17.7. The first-order valence-corrected chi connectivity index (χ1v) is 10.9. The average Bonchev–Trinajstić information content (AvgIpc) is 2.73. The zero-order valence-electron chi connectivity index (χ0n) is 16.1. The van der Waals surface area contributed by atoms with E-state index >= 15 is 0 Å². The van der Waals surface area contributed by atoms with E-state index in [4.69, 9.17) is 16.3 Å². The molecule has 1 amide bonds. The molecule has 1 atom stereocenters. The van der Waals surface area contributed by atoms with Gasteiger partial charge in [-0.1, -0.05) is 11.6 Å². The molecule has 0 unspecified atom stereocenters. The van der Waals surface area contributed by atoms with Crippen molar-refractivity contribution in [2.75, 3.05) is 32.1 Å². The molecule has 1 aliphatic rings. The Kier molecular flexibility index (Phi) is 6.45. The monoisotopic (exact) mass is 440 g/mol. The molecule has 1 fully saturated rings. The van der Waals surface area contributed by atoms with Gasteiger partial charge in [-0.05, 0) is 55.3 Å². The van der Waals surface area contributed by atoms with Crippen LogP contribution in [-0.4, -0.2) is 45.9 Å². The molecular formula is C20H22ClFN2O4S. The smallest absolute Gasteiger partial charge is 0.243 e. The van der Waals surface area contributed by atoms with Crippen molar-refractivity contribution in [1.29, 1.82) is 0 Å². The summed E-state index contributed by atoms with van der Waals surface area (Å²) in [6.07, 6.45) is 1.15. The quantitative estimate of drug-likeness (QED) is 0.713. The summed E-state index contributed by atoms with van der Waals surface area (Å²) in [5.41, 5.74) is 0.554. The fourth-order valence-corrected chi connectivity index (χ4v) is 5.26. The van der Waals surface area contributed by atoms with Crippen molar-refractivity contribution in [1.82, 2.24) is 4.31 Å². The van der Waals surface area contributed by atoms with Gasteiger partial charge in [0.1, 0.15) is 11.6 Å². The van der Waals surface area contributed by atoms with Crippen LogP contribution in [0.2, 0.25) is 5.02 Å². The number of hydrogen-bond acceptors (Lipinski definition) is 4. The van der Waals surface area contributed by atoms with Crippen molar-refractivity contribution in [2.24, 2.45) is 5.92 Å². The third-order valence-corrected chi connectivity index (χ3v) is 7.20. The summed E-state index contributed by atoms with van der Waals surface area (Å²) in [7, 11) is -0.743. The molecule has 0 aliphatic carbocycles. The fourth-order valence-electron chi connectivity index (χ4n) is 3.38. The van der Waals surface area contributed by atoms with Crippen LogP contribution in [0.15, 0.2) is 47.4 Å². The number of rotatable bonds is 5. The van der Waals surface area contributed by atoms with E-state index in [2.05, 4.69) is 0 Å². The lowest BCUT2D eigenvalue weighted by Gasteiger charge is -2.33. The number of nitrogens with zero attached hydrogens (tertiary/aromatic N) is 2. The number of halogens is 2. The number of benzene rings is 2. The Morgan fingerprint density at radius 2 is 1.93 bits per heavy atom. The maximum atomic E-state index is 13.1. The Balaban J connectivity index is 1.78. The Hall–Kier alpha value is -2.16. The number of piperidine rings is 1. The molecule has 1 heterocycles. The van der Waals surface area contributed by atoms with Gasteiger partial charge < -0.3 is 9.64 Å². The van der Waals surface area contributed by atoms with Gasteiger partial charge in [0, 0.05) is 25.8 Å². The Morgan fingerprint density at radius 3 is 2.55 bits per heavy atom. The number of ether oxygens (including phenoxy) is 1. The van der Waals surface area contributed by atoms with Crippen LogP contribution in [0.1, 0.15) is 12.8 Å². The molecule has 6 nitrogen and oxygen atoms in total. The third kappa shape index (κ3) is 4.55. The Bertz CT molecular complexity index is 998. The highest BCUT2D eigenvalue weighted by Crippen LogP contribution is 2.31. The van der Waals surface area contributed by atoms with E-state index in [0.717, 1.165) is 0 Å². The number of carbonyl (C=O) groups is 1. The van der Waals surface area contributed by atoms with Gasteiger partial charge in [-0.2, -0.15) is 4.31 Å². The molecule has 0 saturated carbocycles. The number of methoxy groups -OCH3 is 1. The lowest BCUT2D eigenvalue weighted by Crippen LogP contribution is -2.45. The van der Waals surface area contributed by atoms with Crippen LogP contribution in [0.3, 0.4) is 0 Å². The number of amides is 1. The maximum Gasteiger partial charge on any atom is 0.243 e. The van der Waals surface area contributed by atoms with Crippen LogP contribution in [0.4, 0.5) is 10.1 Å². The zero-order chi connectivity index (χ0) is 21.2. The number of carbonyl (C=O) groups excluding carboxylic acids is 1. The molecule has 1 saturated heterocycles. The van der Waals surface area contributed by atoms with E-state index in [-0.39, 0.29) is 28.2 Å². The lowest BCUT2D eigenvalue weighted by atomic mass is 9.98. The molecular weight excluding hydrogens is 419 g/mol. The maximum absolute atomic E-state index is 13.1. The van der Waals surface area contributed by atoms with Gasteiger partial charge in [-0.15, -0.1) is 0 Å². The lowest BCUT2D eigenvalue weighted by molar-refractivity contribution is -0.123. The first-order valence-electron chi connectivity index (χ1n) is 9.11. The highest BCUT2D eigenvalue weighted by molar-refractivity contribution is 7.89. The first-order chi connectivity index (χ1) is 13.7. The minimum atomic E-state index is -3.80. The van der Waals surface area contributed by atoms with Gasteiger partial charge in [-0.25, -0.2) is 12.8 Å². The van der Waals surface area contributed by atoms with Crippen molar-refractivity contribution in [3.05, 3.63) is 53.3 Å². The first kappa shape index (κ1) is 21.5. The molecule has 0 bridgehead atoms. The second-order valence-electron chi connectivity index (χ2n) is 6.87. The molecule has 29 heavy (non-hydrogen) atoms. The fraction of sp³-hybridized carbons (Fsp3) is 0.350. The summed E-state index contributed by atoms with van der Waals surface area (Å²) >= 11 is 6.08. The standard InChI is InChI=1S/C20H22ClFN2O4S/c1-23(16-7-5-15(22)6-8-16)20(25)14-4-3-11-24(13-14)29(26,27)17-9-10-19(28-2)18(21)12-17/h5-10,12,14H,3-4,11,13H2,1-2H3/t14-/m1/s1. The van der Waals surface area contributed by atoms with Gasteiger partial charge in [-0.3, -0.25) is 4.79 Å². The van der Waals surface area contributed by atoms with E-state index < -0.39 is 15.9 Å². The highest BCUT2D eigenvalue weighted by atomic mass is 35.5. The van der Waals surface area contributed by atoms with Gasteiger partial charge >= 0.3 is 0 Å². The van der Waals surface area contributed by atoms with E-state index in [1.807, 2.05) is 0 Å². The molecule has 2 aromatic rings. The van der Waals surface area contributed by atoms with Crippen LogP contribution < -0.4 is 9.64 Å². The second-order valence-corrected chi connectivity index (χ2v) is 9.22. The van der Waals surface area contributed by atoms with Crippen LogP contribution >= 0.6 is 11.6 Å². The summed E-state index contributed by atoms with van der Waals surface area (Å²) in [6, 6.07) is 9.90. The molecule has 156 valence electrons. The summed E-state index contributed by atoms with van der Waals surface area (Å²) < 4.78 is 45.6. The van der Waals surface area contributed by atoms with Crippen molar-refractivity contribution >= 4 is 33.2 Å². The normalized spacial score (nSPS) is 17.7. The van der Waals surface area contributed by atoms with E-state index in [9.17, 15) is 17.6 Å².